The average Bonchev–Trinajstić information content (AvgIpc) is 2.71. The summed E-state index contributed by atoms with van der Waals surface area (Å²) < 4.78 is 27.2. The molecule has 1 heterocycles. The summed E-state index contributed by atoms with van der Waals surface area (Å²) in [6, 6.07) is 3.07. The van der Waals surface area contributed by atoms with E-state index in [0.717, 1.165) is 18.2 Å². The number of aliphatic carboxylic acids is 1. The number of aromatic amines is 1. The minimum atomic E-state index is -0.944. The number of carboxylic acids is 1. The first kappa shape index (κ1) is 13.7. The zero-order valence-corrected chi connectivity index (χ0v) is 11.2. The minimum absolute atomic E-state index is 0.0182. The highest BCUT2D eigenvalue weighted by Crippen LogP contribution is 2.31. The molecule has 0 spiro atoms. The van der Waals surface area contributed by atoms with Crippen molar-refractivity contribution in [3.63, 3.8) is 0 Å². The predicted octanol–water partition coefficient (Wildman–Crippen LogP) is 3.13. The van der Waals surface area contributed by atoms with Crippen LogP contribution < -0.4 is 0 Å². The van der Waals surface area contributed by atoms with E-state index < -0.39 is 17.6 Å². The Labute approximate surface area is 115 Å². The monoisotopic (exact) mass is 330 g/mol. The van der Waals surface area contributed by atoms with Crippen molar-refractivity contribution in [1.82, 2.24) is 10.2 Å². The number of hydrogen-bond donors (Lipinski definition) is 2. The lowest BCUT2D eigenvalue weighted by atomic mass is 10.1. The van der Waals surface area contributed by atoms with Crippen LogP contribution in [0.5, 0.6) is 0 Å². The molecule has 1 aromatic carbocycles. The molecule has 7 heteroatoms. The van der Waals surface area contributed by atoms with E-state index in [1.807, 2.05) is 0 Å². The van der Waals surface area contributed by atoms with Crippen LogP contribution >= 0.6 is 15.9 Å². The van der Waals surface area contributed by atoms with Crippen LogP contribution in [0.1, 0.15) is 12.1 Å². The molecule has 0 saturated heterocycles. The van der Waals surface area contributed by atoms with Crippen LogP contribution in [0.2, 0.25) is 0 Å². The minimum Gasteiger partial charge on any atom is -0.481 e. The van der Waals surface area contributed by atoms with Gasteiger partial charge in [0.1, 0.15) is 17.3 Å². The number of carbonyl (C=O) groups is 1. The maximum absolute atomic E-state index is 13.6. The fraction of sp³-hybridized carbons (Fsp3) is 0.167. The summed E-state index contributed by atoms with van der Waals surface area (Å²) in [5, 5.41) is 15.1. The molecule has 1 aromatic heterocycles. The predicted molar refractivity (Wildman–Crippen MR) is 67.6 cm³/mol. The molecule has 0 saturated carbocycles. The smallest absolute Gasteiger partial charge is 0.303 e. The lowest BCUT2D eigenvalue weighted by Crippen LogP contribution is -1.98. The van der Waals surface area contributed by atoms with Crippen LogP contribution in [0.15, 0.2) is 22.7 Å². The zero-order chi connectivity index (χ0) is 14.0. The van der Waals surface area contributed by atoms with Crippen molar-refractivity contribution >= 4 is 21.9 Å². The summed E-state index contributed by atoms with van der Waals surface area (Å²) in [5.74, 6) is -2.11. The topological polar surface area (TPSA) is 66.0 Å². The Balaban J connectivity index is 2.36. The van der Waals surface area contributed by atoms with Gasteiger partial charge >= 0.3 is 5.97 Å². The first-order valence-corrected chi connectivity index (χ1v) is 6.18. The van der Waals surface area contributed by atoms with E-state index >= 15 is 0 Å². The molecular weight excluding hydrogens is 322 g/mol. The fourth-order valence-corrected chi connectivity index (χ4v) is 2.21. The van der Waals surface area contributed by atoms with Gasteiger partial charge in [-0.15, -0.1) is 0 Å². The summed E-state index contributed by atoms with van der Waals surface area (Å²) in [6.07, 6.45) is 0.145. The third-order valence-electron chi connectivity index (χ3n) is 2.55. The molecule has 4 nitrogen and oxygen atoms in total. The number of aromatic nitrogens is 2. The lowest BCUT2D eigenvalue weighted by molar-refractivity contribution is -0.136. The molecule has 0 radical (unpaired) electrons. The molecule has 0 atom stereocenters. The Morgan fingerprint density at radius 3 is 2.84 bits per heavy atom. The summed E-state index contributed by atoms with van der Waals surface area (Å²) in [7, 11) is 0. The number of carboxylic acid groups (broad SMARTS) is 1. The second-order valence-electron chi connectivity index (χ2n) is 3.88. The highest BCUT2D eigenvalue weighted by molar-refractivity contribution is 9.10. The molecule has 0 aliphatic carbocycles. The van der Waals surface area contributed by atoms with Crippen molar-refractivity contribution in [3.05, 3.63) is 40.0 Å². The number of rotatable bonds is 4. The molecule has 2 N–H and O–H groups in total. The van der Waals surface area contributed by atoms with Crippen LogP contribution in [-0.4, -0.2) is 21.3 Å². The quantitative estimate of drug-likeness (QED) is 0.905. The van der Waals surface area contributed by atoms with Gasteiger partial charge in [-0.3, -0.25) is 9.89 Å². The molecule has 0 bridgehead atoms. The Kier molecular flexibility index (Phi) is 3.94. The van der Waals surface area contributed by atoms with E-state index in [4.69, 9.17) is 5.11 Å². The van der Waals surface area contributed by atoms with Crippen molar-refractivity contribution in [2.75, 3.05) is 0 Å². The van der Waals surface area contributed by atoms with Crippen LogP contribution in [-0.2, 0) is 11.2 Å². The number of nitrogens with zero attached hydrogens (tertiary/aromatic N) is 1. The van der Waals surface area contributed by atoms with Gasteiger partial charge in [0.2, 0.25) is 0 Å². The number of benzene rings is 1. The third-order valence-corrected chi connectivity index (χ3v) is 3.40. The van der Waals surface area contributed by atoms with Crippen LogP contribution in [0.3, 0.4) is 0 Å². The van der Waals surface area contributed by atoms with Crippen molar-refractivity contribution in [2.45, 2.75) is 12.8 Å². The van der Waals surface area contributed by atoms with Crippen LogP contribution in [0, 0.1) is 11.6 Å². The third kappa shape index (κ3) is 2.98. The van der Waals surface area contributed by atoms with E-state index in [9.17, 15) is 13.6 Å². The number of nitrogens with one attached hydrogen (secondary N) is 1. The number of aryl methyl sites for hydroxylation is 1. The van der Waals surface area contributed by atoms with Crippen molar-refractivity contribution in [3.8, 4) is 11.3 Å². The lowest BCUT2D eigenvalue weighted by Gasteiger charge is -2.01. The van der Waals surface area contributed by atoms with Gasteiger partial charge in [-0.05, 0) is 34.1 Å². The highest BCUT2D eigenvalue weighted by atomic mass is 79.9. The molecule has 19 heavy (non-hydrogen) atoms. The van der Waals surface area contributed by atoms with E-state index in [2.05, 4.69) is 26.1 Å². The van der Waals surface area contributed by atoms with E-state index in [0.29, 0.717) is 10.2 Å². The molecular formula is C12H9BrF2N2O2. The Bertz CT molecular complexity index is 628. The largest absolute Gasteiger partial charge is 0.481 e. The molecule has 2 aromatic rings. The van der Waals surface area contributed by atoms with Gasteiger partial charge in [0.15, 0.2) is 0 Å². The Morgan fingerprint density at radius 2 is 2.16 bits per heavy atom. The molecule has 0 fully saturated rings. The first-order valence-electron chi connectivity index (χ1n) is 5.39. The number of hydrogen-bond acceptors (Lipinski definition) is 2. The van der Waals surface area contributed by atoms with Crippen molar-refractivity contribution < 1.29 is 18.7 Å². The van der Waals surface area contributed by atoms with Crippen LogP contribution in [0.4, 0.5) is 8.78 Å². The molecule has 2 rings (SSSR count). The van der Waals surface area contributed by atoms with Gasteiger partial charge in [-0.1, -0.05) is 0 Å². The maximum atomic E-state index is 13.6. The van der Waals surface area contributed by atoms with Gasteiger partial charge in [0.25, 0.3) is 0 Å². The fourth-order valence-electron chi connectivity index (χ4n) is 1.62. The van der Waals surface area contributed by atoms with Gasteiger partial charge in [-0.25, -0.2) is 8.78 Å². The van der Waals surface area contributed by atoms with E-state index in [1.165, 1.54) is 0 Å². The summed E-state index contributed by atoms with van der Waals surface area (Å²) >= 11 is 3.22. The van der Waals surface area contributed by atoms with Gasteiger partial charge < -0.3 is 5.11 Å². The normalized spacial score (nSPS) is 10.7. The summed E-state index contributed by atoms with van der Waals surface area (Å²) in [5.41, 5.74) is 0.767. The standard InChI is InChI=1S/C12H9BrF2N2O2/c13-11-9(3-4-10(18)19)16-17-12(11)7-5-6(14)1-2-8(7)15/h1-2,5H,3-4H2,(H,16,17)(H,18,19). The molecule has 0 unspecified atom stereocenters. The van der Waals surface area contributed by atoms with E-state index in [1.54, 1.807) is 0 Å². The second-order valence-corrected chi connectivity index (χ2v) is 4.68. The molecule has 0 amide bonds. The average molecular weight is 331 g/mol. The molecule has 0 aliphatic heterocycles. The van der Waals surface area contributed by atoms with Gasteiger partial charge in [0.05, 0.1) is 16.6 Å². The van der Waals surface area contributed by atoms with Gasteiger partial charge in [-0.2, -0.15) is 5.10 Å². The summed E-state index contributed by atoms with van der Waals surface area (Å²) in [6.45, 7) is 0. The van der Waals surface area contributed by atoms with Crippen LogP contribution in [0.25, 0.3) is 11.3 Å². The summed E-state index contributed by atoms with van der Waals surface area (Å²) in [4.78, 5) is 10.5. The molecule has 0 aliphatic rings. The Morgan fingerprint density at radius 1 is 1.42 bits per heavy atom. The SMILES string of the molecule is O=C(O)CCc1[nH]nc(-c2cc(F)ccc2F)c1Br. The van der Waals surface area contributed by atoms with Crippen molar-refractivity contribution in [2.24, 2.45) is 0 Å². The first-order chi connectivity index (χ1) is 8.99. The zero-order valence-electron chi connectivity index (χ0n) is 9.58. The second kappa shape index (κ2) is 5.48. The Hall–Kier alpha value is -1.76. The van der Waals surface area contributed by atoms with Gasteiger partial charge in [0, 0.05) is 12.0 Å². The maximum Gasteiger partial charge on any atom is 0.303 e. The van der Waals surface area contributed by atoms with Crippen molar-refractivity contribution in [1.29, 1.82) is 0 Å². The van der Waals surface area contributed by atoms with E-state index in [-0.39, 0.29) is 24.1 Å². The number of H-pyrrole nitrogens is 1. The highest BCUT2D eigenvalue weighted by Gasteiger charge is 2.17. The molecule has 100 valence electrons. The number of halogens is 3.